The average Bonchev–Trinajstić information content (AvgIpc) is 2.60. The summed E-state index contributed by atoms with van der Waals surface area (Å²) in [4.78, 5) is 35.3. The molecule has 0 unspecified atom stereocenters. The molecular formula is C19H22N2O4. The van der Waals surface area contributed by atoms with E-state index in [0.717, 1.165) is 16.3 Å². The van der Waals surface area contributed by atoms with Crippen molar-refractivity contribution in [1.82, 2.24) is 10.6 Å². The first-order valence-corrected chi connectivity index (χ1v) is 8.21. The maximum Gasteiger partial charge on any atom is 0.326 e. The smallest absolute Gasteiger partial charge is 0.326 e. The van der Waals surface area contributed by atoms with E-state index in [9.17, 15) is 14.4 Å². The van der Waals surface area contributed by atoms with Crippen molar-refractivity contribution in [2.45, 2.75) is 26.4 Å². The number of likely N-dealkylation sites (N-methyl/N-ethyl adjacent to an activating group) is 1. The molecule has 0 fully saturated rings. The van der Waals surface area contributed by atoms with Gasteiger partial charge in [-0.25, -0.2) is 0 Å². The number of carbonyl (C=O) groups excluding carboxylic acids is 3. The van der Waals surface area contributed by atoms with Gasteiger partial charge in [-0.15, -0.1) is 0 Å². The molecule has 6 nitrogen and oxygen atoms in total. The molecule has 0 radical (unpaired) electrons. The van der Waals surface area contributed by atoms with Gasteiger partial charge in [-0.05, 0) is 30.2 Å². The molecule has 0 aromatic heterocycles. The third kappa shape index (κ3) is 5.31. The molecular weight excluding hydrogens is 320 g/mol. The van der Waals surface area contributed by atoms with Crippen LogP contribution in [0.15, 0.2) is 42.5 Å². The van der Waals surface area contributed by atoms with Gasteiger partial charge in [0.25, 0.3) is 5.91 Å². The van der Waals surface area contributed by atoms with Gasteiger partial charge in [-0.3, -0.25) is 14.4 Å². The van der Waals surface area contributed by atoms with Crippen LogP contribution in [0, 0.1) is 0 Å². The summed E-state index contributed by atoms with van der Waals surface area (Å²) >= 11 is 0. The highest BCUT2D eigenvalue weighted by atomic mass is 16.5. The van der Waals surface area contributed by atoms with E-state index in [1.165, 1.54) is 6.92 Å². The highest BCUT2D eigenvalue weighted by Crippen LogP contribution is 2.18. The van der Waals surface area contributed by atoms with E-state index < -0.39 is 12.1 Å². The van der Waals surface area contributed by atoms with Crippen LogP contribution in [-0.2, 0) is 25.5 Å². The molecule has 132 valence electrons. The number of benzene rings is 2. The van der Waals surface area contributed by atoms with Crippen LogP contribution in [0.1, 0.15) is 19.4 Å². The first-order valence-electron chi connectivity index (χ1n) is 8.21. The van der Waals surface area contributed by atoms with E-state index in [0.29, 0.717) is 6.54 Å². The first kappa shape index (κ1) is 18.4. The Hall–Kier alpha value is -2.89. The van der Waals surface area contributed by atoms with Crippen LogP contribution in [0.2, 0.25) is 0 Å². The molecule has 0 heterocycles. The number of fused-ring (bicyclic) bond motifs is 1. The number of hydrogen-bond donors (Lipinski definition) is 2. The molecule has 0 aliphatic heterocycles. The van der Waals surface area contributed by atoms with Crippen molar-refractivity contribution in [3.8, 4) is 0 Å². The van der Waals surface area contributed by atoms with Crippen molar-refractivity contribution in [2.75, 3.05) is 13.1 Å². The Morgan fingerprint density at radius 3 is 2.52 bits per heavy atom. The fraction of sp³-hybridized carbons (Fsp3) is 0.316. The van der Waals surface area contributed by atoms with Crippen molar-refractivity contribution in [2.24, 2.45) is 0 Å². The molecule has 1 atom stereocenters. The lowest BCUT2D eigenvalue weighted by molar-refractivity contribution is -0.154. The SMILES string of the molecule is CCNC(=O)[C@H](C)OC(=O)CNC(=O)Cc1cccc2ccccc12. The van der Waals surface area contributed by atoms with Gasteiger partial charge in [0, 0.05) is 6.54 Å². The zero-order valence-corrected chi connectivity index (χ0v) is 14.4. The van der Waals surface area contributed by atoms with E-state index in [-0.39, 0.29) is 24.8 Å². The van der Waals surface area contributed by atoms with Crippen LogP contribution in [0.25, 0.3) is 10.8 Å². The molecule has 0 saturated heterocycles. The second-order valence-electron chi connectivity index (χ2n) is 5.62. The predicted molar refractivity (Wildman–Crippen MR) is 94.9 cm³/mol. The van der Waals surface area contributed by atoms with Crippen molar-refractivity contribution in [3.05, 3.63) is 48.0 Å². The van der Waals surface area contributed by atoms with Crippen molar-refractivity contribution in [3.63, 3.8) is 0 Å². The quantitative estimate of drug-likeness (QED) is 0.748. The Morgan fingerprint density at radius 2 is 1.76 bits per heavy atom. The number of amides is 2. The van der Waals surface area contributed by atoms with Crippen LogP contribution < -0.4 is 10.6 Å². The molecule has 2 amide bonds. The van der Waals surface area contributed by atoms with Crippen molar-refractivity contribution >= 4 is 28.6 Å². The molecule has 2 aromatic rings. The largest absolute Gasteiger partial charge is 0.451 e. The molecule has 6 heteroatoms. The summed E-state index contributed by atoms with van der Waals surface area (Å²) in [6.45, 7) is 3.45. The van der Waals surface area contributed by atoms with E-state index in [4.69, 9.17) is 4.74 Å². The van der Waals surface area contributed by atoms with Gasteiger partial charge in [0.2, 0.25) is 5.91 Å². The van der Waals surface area contributed by atoms with E-state index in [1.807, 2.05) is 42.5 Å². The summed E-state index contributed by atoms with van der Waals surface area (Å²) in [6.07, 6.45) is -0.719. The van der Waals surface area contributed by atoms with Crippen molar-refractivity contribution < 1.29 is 19.1 Å². The molecule has 0 saturated carbocycles. The maximum absolute atomic E-state index is 12.1. The number of carbonyl (C=O) groups is 3. The predicted octanol–water partition coefficient (Wildman–Crippen LogP) is 1.57. The Kier molecular flexibility index (Phi) is 6.51. The lowest BCUT2D eigenvalue weighted by atomic mass is 10.0. The van der Waals surface area contributed by atoms with Gasteiger partial charge in [-0.2, -0.15) is 0 Å². The normalized spacial score (nSPS) is 11.6. The lowest BCUT2D eigenvalue weighted by Gasteiger charge is -2.13. The number of esters is 1. The number of nitrogens with one attached hydrogen (secondary N) is 2. The van der Waals surface area contributed by atoms with Crippen LogP contribution in [0.4, 0.5) is 0 Å². The van der Waals surface area contributed by atoms with Crippen LogP contribution >= 0.6 is 0 Å². The fourth-order valence-electron chi connectivity index (χ4n) is 2.46. The van der Waals surface area contributed by atoms with Crippen LogP contribution in [0.3, 0.4) is 0 Å². The highest BCUT2D eigenvalue weighted by Gasteiger charge is 2.17. The molecule has 0 aliphatic rings. The zero-order valence-electron chi connectivity index (χ0n) is 14.4. The summed E-state index contributed by atoms with van der Waals surface area (Å²) < 4.78 is 4.97. The van der Waals surface area contributed by atoms with Gasteiger partial charge in [0.1, 0.15) is 6.54 Å². The van der Waals surface area contributed by atoms with Crippen molar-refractivity contribution in [1.29, 1.82) is 0 Å². The minimum absolute atomic E-state index is 0.167. The summed E-state index contributed by atoms with van der Waals surface area (Å²) in [6, 6.07) is 13.6. The molecule has 2 aromatic carbocycles. The Morgan fingerprint density at radius 1 is 1.04 bits per heavy atom. The zero-order chi connectivity index (χ0) is 18.2. The van der Waals surface area contributed by atoms with Gasteiger partial charge in [0.15, 0.2) is 6.10 Å². The summed E-state index contributed by atoms with van der Waals surface area (Å²) in [5, 5.41) is 7.15. The average molecular weight is 342 g/mol. The summed E-state index contributed by atoms with van der Waals surface area (Å²) in [5.74, 6) is -1.29. The molecule has 2 N–H and O–H groups in total. The Bertz CT molecular complexity index is 768. The molecule has 2 rings (SSSR count). The number of rotatable bonds is 7. The van der Waals surface area contributed by atoms with Gasteiger partial charge < -0.3 is 15.4 Å². The van der Waals surface area contributed by atoms with E-state index in [1.54, 1.807) is 6.92 Å². The third-order valence-corrected chi connectivity index (χ3v) is 3.69. The van der Waals surface area contributed by atoms with E-state index in [2.05, 4.69) is 10.6 Å². The van der Waals surface area contributed by atoms with Gasteiger partial charge >= 0.3 is 5.97 Å². The fourth-order valence-corrected chi connectivity index (χ4v) is 2.46. The number of hydrogen-bond acceptors (Lipinski definition) is 4. The first-order chi connectivity index (χ1) is 12.0. The monoisotopic (exact) mass is 342 g/mol. The lowest BCUT2D eigenvalue weighted by Crippen LogP contribution is -2.38. The molecule has 25 heavy (non-hydrogen) atoms. The Labute approximate surface area is 146 Å². The molecule has 0 spiro atoms. The minimum atomic E-state index is -0.887. The second kappa shape index (κ2) is 8.82. The topological polar surface area (TPSA) is 84.5 Å². The number of ether oxygens (including phenoxy) is 1. The van der Waals surface area contributed by atoms with Crippen LogP contribution in [0.5, 0.6) is 0 Å². The minimum Gasteiger partial charge on any atom is -0.451 e. The maximum atomic E-state index is 12.1. The standard InChI is InChI=1S/C19H22N2O4/c1-3-20-19(24)13(2)25-18(23)12-21-17(22)11-15-9-6-8-14-7-4-5-10-16(14)15/h4-10,13H,3,11-12H2,1-2H3,(H,20,24)(H,21,22)/t13-/m0/s1. The van der Waals surface area contributed by atoms with Crippen LogP contribution in [-0.4, -0.2) is 37.0 Å². The molecule has 0 aliphatic carbocycles. The van der Waals surface area contributed by atoms with Gasteiger partial charge in [-0.1, -0.05) is 42.5 Å². The highest BCUT2D eigenvalue weighted by molar-refractivity contribution is 5.91. The van der Waals surface area contributed by atoms with Gasteiger partial charge in [0.05, 0.1) is 6.42 Å². The summed E-state index contributed by atoms with van der Waals surface area (Å²) in [7, 11) is 0. The Balaban J connectivity index is 1.86. The third-order valence-electron chi connectivity index (χ3n) is 3.69. The summed E-state index contributed by atoms with van der Waals surface area (Å²) in [5.41, 5.74) is 0.889. The van der Waals surface area contributed by atoms with E-state index >= 15 is 0 Å². The second-order valence-corrected chi connectivity index (χ2v) is 5.62. The molecule has 0 bridgehead atoms.